The molecular formula is C23H21F4N5O2. The Bertz CT molecular complexity index is 1210. The minimum atomic E-state index is -4.46. The van der Waals surface area contributed by atoms with E-state index in [9.17, 15) is 22.4 Å². The molecule has 178 valence electrons. The number of anilines is 1. The summed E-state index contributed by atoms with van der Waals surface area (Å²) >= 11 is 0. The third-order valence-electron chi connectivity index (χ3n) is 6.44. The molecule has 3 unspecified atom stereocenters. The summed E-state index contributed by atoms with van der Waals surface area (Å²) in [6.07, 6.45) is -1.27. The molecule has 1 aromatic carbocycles. The maximum Gasteiger partial charge on any atom is 0.417 e. The molecule has 0 radical (unpaired) electrons. The Morgan fingerprint density at radius 2 is 2.03 bits per heavy atom. The first kappa shape index (κ1) is 22.3. The molecule has 1 saturated heterocycles. The summed E-state index contributed by atoms with van der Waals surface area (Å²) in [4.78, 5) is 23.4. The van der Waals surface area contributed by atoms with Crippen LogP contribution >= 0.6 is 0 Å². The molecule has 2 bridgehead atoms. The van der Waals surface area contributed by atoms with Crippen LogP contribution < -0.4 is 5.32 Å². The smallest absolute Gasteiger partial charge is 0.365 e. The molecule has 1 aliphatic carbocycles. The number of halogens is 4. The highest BCUT2D eigenvalue weighted by atomic mass is 19.4. The van der Waals surface area contributed by atoms with E-state index >= 15 is 0 Å². The van der Waals surface area contributed by atoms with Gasteiger partial charge in [0.1, 0.15) is 11.6 Å². The van der Waals surface area contributed by atoms with Gasteiger partial charge in [0.15, 0.2) is 5.82 Å². The molecule has 3 aromatic rings. The zero-order valence-corrected chi connectivity index (χ0v) is 18.1. The number of amides is 1. The van der Waals surface area contributed by atoms with Crippen molar-refractivity contribution in [1.29, 1.82) is 0 Å². The standard InChI is InChI=1S/C23H21F4N5O2/c1-12-29-21(34-31-12)17-9-15(24)4-5-16(17)22(33)32-11-13-2-6-18(19(32)8-13)30-20-7-3-14(10-28-20)23(25,26)27/h3-5,7,9-10,13,18-19H,2,6,8,11H2,1H3,(H,28,30). The Morgan fingerprint density at radius 1 is 1.21 bits per heavy atom. The predicted molar refractivity (Wildman–Crippen MR) is 113 cm³/mol. The van der Waals surface area contributed by atoms with Crippen LogP contribution in [0.5, 0.6) is 0 Å². The number of hydrogen-bond donors (Lipinski definition) is 1. The topological polar surface area (TPSA) is 84.2 Å². The van der Waals surface area contributed by atoms with E-state index in [0.29, 0.717) is 24.1 Å². The fourth-order valence-corrected chi connectivity index (χ4v) is 4.83. The summed E-state index contributed by atoms with van der Waals surface area (Å²) in [6.45, 7) is 2.17. The van der Waals surface area contributed by atoms with Crippen molar-refractivity contribution in [2.24, 2.45) is 5.92 Å². The number of nitrogens with zero attached hydrogens (tertiary/aromatic N) is 4. The van der Waals surface area contributed by atoms with E-state index in [-0.39, 0.29) is 35.0 Å². The van der Waals surface area contributed by atoms with Gasteiger partial charge in [-0.25, -0.2) is 9.37 Å². The van der Waals surface area contributed by atoms with Crippen LogP contribution in [0.15, 0.2) is 41.1 Å². The average Bonchev–Trinajstić information content (AvgIpc) is 3.38. The van der Waals surface area contributed by atoms with Crippen LogP contribution in [0, 0.1) is 18.7 Å². The van der Waals surface area contributed by atoms with E-state index in [2.05, 4.69) is 20.4 Å². The first-order valence-electron chi connectivity index (χ1n) is 10.9. The monoisotopic (exact) mass is 475 g/mol. The molecule has 1 N–H and O–H groups in total. The fourth-order valence-electron chi connectivity index (χ4n) is 4.83. The SMILES string of the molecule is Cc1noc(-c2cc(F)ccc2C(=O)N2CC3CCC(Nc4ccc(C(F)(F)F)cn4)C2C3)n1. The number of nitrogens with one attached hydrogen (secondary N) is 1. The molecule has 3 atom stereocenters. The summed E-state index contributed by atoms with van der Waals surface area (Å²) in [5, 5.41) is 6.94. The quantitative estimate of drug-likeness (QED) is 0.551. The highest BCUT2D eigenvalue weighted by molar-refractivity contribution is 6.00. The van der Waals surface area contributed by atoms with Crippen LogP contribution in [0.25, 0.3) is 11.5 Å². The zero-order valence-electron chi connectivity index (χ0n) is 18.1. The number of hydrogen-bond acceptors (Lipinski definition) is 6. The third kappa shape index (κ3) is 4.22. The zero-order chi connectivity index (χ0) is 24.0. The van der Waals surface area contributed by atoms with Gasteiger partial charge in [0.25, 0.3) is 11.8 Å². The molecule has 2 aliphatic rings. The maximum absolute atomic E-state index is 14.0. The molecule has 1 aliphatic heterocycles. The summed E-state index contributed by atoms with van der Waals surface area (Å²) in [5.41, 5.74) is -0.343. The maximum atomic E-state index is 14.0. The van der Waals surface area contributed by atoms with Crippen molar-refractivity contribution in [2.45, 2.75) is 44.4 Å². The second kappa shape index (κ2) is 8.37. The molecular weight excluding hydrogens is 454 g/mol. The number of carbonyl (C=O) groups is 1. The lowest BCUT2D eigenvalue weighted by molar-refractivity contribution is -0.137. The lowest BCUT2D eigenvalue weighted by Crippen LogP contribution is -2.46. The summed E-state index contributed by atoms with van der Waals surface area (Å²) in [6, 6.07) is 5.74. The number of likely N-dealkylation sites (tertiary alicyclic amines) is 1. The van der Waals surface area contributed by atoms with Gasteiger partial charge in [-0.2, -0.15) is 18.2 Å². The third-order valence-corrected chi connectivity index (χ3v) is 6.44. The molecule has 1 amide bonds. The first-order chi connectivity index (χ1) is 16.2. The van der Waals surface area contributed by atoms with E-state index in [1.807, 2.05) is 0 Å². The summed E-state index contributed by atoms with van der Waals surface area (Å²) in [7, 11) is 0. The number of fused-ring (bicyclic) bond motifs is 2. The molecule has 0 spiro atoms. The average molecular weight is 475 g/mol. The minimum Gasteiger partial charge on any atom is -0.365 e. The van der Waals surface area contributed by atoms with Gasteiger partial charge in [0.2, 0.25) is 0 Å². The normalized spacial score (nSPS) is 22.1. The number of aryl methyl sites for hydroxylation is 1. The van der Waals surface area contributed by atoms with E-state index in [1.165, 1.54) is 24.3 Å². The van der Waals surface area contributed by atoms with Crippen molar-refractivity contribution in [3.05, 3.63) is 59.3 Å². The van der Waals surface area contributed by atoms with Crippen molar-refractivity contribution in [3.63, 3.8) is 0 Å². The summed E-state index contributed by atoms with van der Waals surface area (Å²) < 4.78 is 57.7. The van der Waals surface area contributed by atoms with Gasteiger partial charge in [0, 0.05) is 18.8 Å². The van der Waals surface area contributed by atoms with E-state index in [1.54, 1.807) is 11.8 Å². The van der Waals surface area contributed by atoms with Crippen molar-refractivity contribution in [2.75, 3.05) is 11.9 Å². The van der Waals surface area contributed by atoms with E-state index in [0.717, 1.165) is 31.5 Å². The Kier molecular flexibility index (Phi) is 5.49. The van der Waals surface area contributed by atoms with Crippen molar-refractivity contribution in [1.82, 2.24) is 20.0 Å². The van der Waals surface area contributed by atoms with Gasteiger partial charge in [0.05, 0.1) is 22.7 Å². The lowest BCUT2D eigenvalue weighted by Gasteiger charge is -2.34. The Balaban J connectivity index is 1.39. The van der Waals surface area contributed by atoms with Gasteiger partial charge in [-0.1, -0.05) is 5.16 Å². The molecule has 3 heterocycles. The lowest BCUT2D eigenvalue weighted by atomic mass is 9.86. The van der Waals surface area contributed by atoms with Gasteiger partial charge >= 0.3 is 6.18 Å². The van der Waals surface area contributed by atoms with E-state index < -0.39 is 17.6 Å². The molecule has 34 heavy (non-hydrogen) atoms. The molecule has 7 nitrogen and oxygen atoms in total. The molecule has 2 aromatic heterocycles. The number of aromatic nitrogens is 3. The van der Waals surface area contributed by atoms with Crippen LogP contribution in [-0.4, -0.2) is 44.6 Å². The van der Waals surface area contributed by atoms with E-state index in [4.69, 9.17) is 4.52 Å². The molecule has 2 fully saturated rings. The second-order valence-corrected chi connectivity index (χ2v) is 8.72. The minimum absolute atomic E-state index is 0.0612. The molecule has 1 saturated carbocycles. The van der Waals surface area contributed by atoms with Crippen LogP contribution in [0.1, 0.15) is 41.0 Å². The van der Waals surface area contributed by atoms with Gasteiger partial charge in [-0.15, -0.1) is 0 Å². The number of carbonyl (C=O) groups excluding carboxylic acids is 1. The van der Waals surface area contributed by atoms with Crippen LogP contribution in [0.4, 0.5) is 23.4 Å². The molecule has 11 heteroatoms. The Labute approximate surface area is 192 Å². The molecule has 5 rings (SSSR count). The fraction of sp³-hybridized carbons (Fsp3) is 0.391. The Hall–Kier alpha value is -3.50. The second-order valence-electron chi connectivity index (χ2n) is 8.72. The number of benzene rings is 1. The highest BCUT2D eigenvalue weighted by Crippen LogP contribution is 2.39. The van der Waals surface area contributed by atoms with Crippen LogP contribution in [0.3, 0.4) is 0 Å². The largest absolute Gasteiger partial charge is 0.417 e. The number of pyridine rings is 1. The summed E-state index contributed by atoms with van der Waals surface area (Å²) in [5.74, 6) is 0.249. The van der Waals surface area contributed by atoms with Gasteiger partial charge in [-0.3, -0.25) is 4.79 Å². The highest BCUT2D eigenvalue weighted by Gasteiger charge is 2.44. The van der Waals surface area contributed by atoms with Crippen LogP contribution in [-0.2, 0) is 6.18 Å². The van der Waals surface area contributed by atoms with Crippen molar-refractivity contribution < 1.29 is 26.9 Å². The number of alkyl halides is 3. The predicted octanol–water partition coefficient (Wildman–Crippen LogP) is 4.70. The van der Waals surface area contributed by atoms with Gasteiger partial charge < -0.3 is 14.7 Å². The first-order valence-corrected chi connectivity index (χ1v) is 10.9. The van der Waals surface area contributed by atoms with Crippen molar-refractivity contribution in [3.8, 4) is 11.5 Å². The Morgan fingerprint density at radius 3 is 2.71 bits per heavy atom. The van der Waals surface area contributed by atoms with Gasteiger partial charge in [-0.05, 0) is 62.4 Å². The van der Waals surface area contributed by atoms with Crippen molar-refractivity contribution >= 4 is 11.7 Å². The number of rotatable bonds is 4. The van der Waals surface area contributed by atoms with Crippen LogP contribution in [0.2, 0.25) is 0 Å².